The molecule has 0 aliphatic heterocycles. The first-order chi connectivity index (χ1) is 6.31. The Hall–Kier alpha value is -1.06. The highest BCUT2D eigenvalue weighted by atomic mass is 16.6. The summed E-state index contributed by atoms with van der Waals surface area (Å²) in [5.41, 5.74) is -0.454. The minimum Gasteiger partial charge on any atom is -0.481 e. The van der Waals surface area contributed by atoms with Crippen molar-refractivity contribution in [2.45, 2.75) is 52.1 Å². The van der Waals surface area contributed by atoms with Crippen LogP contribution in [0, 0.1) is 0 Å². The van der Waals surface area contributed by atoms with E-state index in [0.717, 1.165) is 0 Å². The van der Waals surface area contributed by atoms with Crippen LogP contribution in [-0.4, -0.2) is 22.6 Å². The van der Waals surface area contributed by atoms with Crippen LogP contribution in [0.5, 0.6) is 0 Å². The molecule has 0 atom stereocenters. The number of carboxylic acids is 1. The van der Waals surface area contributed by atoms with Gasteiger partial charge in [-0.3, -0.25) is 9.59 Å². The van der Waals surface area contributed by atoms with Crippen LogP contribution in [0.1, 0.15) is 46.5 Å². The summed E-state index contributed by atoms with van der Waals surface area (Å²) in [7, 11) is 0. The Kier molecular flexibility index (Phi) is 5.20. The van der Waals surface area contributed by atoms with E-state index in [2.05, 4.69) is 0 Å². The van der Waals surface area contributed by atoms with Crippen molar-refractivity contribution >= 4 is 11.9 Å². The van der Waals surface area contributed by atoms with Gasteiger partial charge in [0, 0.05) is 12.8 Å². The van der Waals surface area contributed by atoms with Gasteiger partial charge in [-0.15, -0.1) is 0 Å². The lowest BCUT2D eigenvalue weighted by Crippen LogP contribution is -2.23. The van der Waals surface area contributed by atoms with E-state index in [1.54, 1.807) is 0 Å². The van der Waals surface area contributed by atoms with Crippen molar-refractivity contribution in [3.05, 3.63) is 0 Å². The molecular weight excluding hydrogens is 184 g/mol. The monoisotopic (exact) mass is 202 g/mol. The third-order valence-electron chi connectivity index (χ3n) is 1.44. The van der Waals surface area contributed by atoms with Crippen LogP contribution in [0.2, 0.25) is 0 Å². The number of carbonyl (C=O) groups excluding carboxylic acids is 1. The van der Waals surface area contributed by atoms with Crippen LogP contribution in [0.15, 0.2) is 0 Å². The van der Waals surface area contributed by atoms with Crippen LogP contribution in [-0.2, 0) is 14.3 Å². The van der Waals surface area contributed by atoms with E-state index >= 15 is 0 Å². The van der Waals surface area contributed by atoms with Gasteiger partial charge in [0.15, 0.2) is 0 Å². The van der Waals surface area contributed by atoms with Crippen molar-refractivity contribution in [3.8, 4) is 0 Å². The summed E-state index contributed by atoms with van der Waals surface area (Å²) in [5.74, 6) is -1.09. The van der Waals surface area contributed by atoms with E-state index in [4.69, 9.17) is 9.84 Å². The number of unbranched alkanes of at least 4 members (excludes halogenated alkanes) is 1. The highest BCUT2D eigenvalue weighted by Crippen LogP contribution is 2.10. The van der Waals surface area contributed by atoms with Gasteiger partial charge in [-0.05, 0) is 33.6 Å². The lowest BCUT2D eigenvalue weighted by Gasteiger charge is -2.19. The molecule has 0 heterocycles. The van der Waals surface area contributed by atoms with Gasteiger partial charge in [-0.2, -0.15) is 0 Å². The van der Waals surface area contributed by atoms with Crippen LogP contribution in [0.3, 0.4) is 0 Å². The van der Waals surface area contributed by atoms with Gasteiger partial charge in [0.05, 0.1) is 0 Å². The Morgan fingerprint density at radius 3 is 2.07 bits per heavy atom. The summed E-state index contributed by atoms with van der Waals surface area (Å²) in [6, 6.07) is 0. The molecule has 4 heteroatoms. The summed E-state index contributed by atoms with van der Waals surface area (Å²) in [6.07, 6.45) is 1.50. The average molecular weight is 202 g/mol. The van der Waals surface area contributed by atoms with Gasteiger partial charge in [0.1, 0.15) is 5.60 Å². The topological polar surface area (TPSA) is 63.6 Å². The maximum Gasteiger partial charge on any atom is 0.306 e. The number of hydrogen-bond acceptors (Lipinski definition) is 3. The molecule has 0 amide bonds. The molecule has 0 rings (SSSR count). The first kappa shape index (κ1) is 12.9. The molecule has 0 saturated heterocycles. The largest absolute Gasteiger partial charge is 0.481 e. The zero-order valence-corrected chi connectivity index (χ0v) is 9.00. The fourth-order valence-corrected chi connectivity index (χ4v) is 0.938. The maximum atomic E-state index is 11.1. The Balaban J connectivity index is 3.50. The number of hydrogen-bond donors (Lipinski definition) is 1. The first-order valence-electron chi connectivity index (χ1n) is 4.75. The standard InChI is InChI=1S/C10H18O4/c1-10(2,3)14-9(13)7-5-4-6-8(11)12/h4-7H2,1-3H3,(H,11,12). The summed E-state index contributed by atoms with van der Waals surface area (Å²) in [4.78, 5) is 21.3. The number of carboxylic acid groups (broad SMARTS) is 1. The van der Waals surface area contributed by atoms with E-state index < -0.39 is 11.6 Å². The molecule has 0 saturated carbocycles. The molecule has 4 nitrogen and oxygen atoms in total. The Labute approximate surface area is 84.3 Å². The van der Waals surface area contributed by atoms with Gasteiger partial charge in [-0.1, -0.05) is 0 Å². The number of aliphatic carboxylic acids is 1. The molecule has 14 heavy (non-hydrogen) atoms. The Bertz CT molecular complexity index is 203. The zero-order chi connectivity index (χ0) is 11.2. The lowest BCUT2D eigenvalue weighted by atomic mass is 10.1. The minimum atomic E-state index is -0.825. The van der Waals surface area contributed by atoms with E-state index in [0.29, 0.717) is 19.3 Å². The predicted octanol–water partition coefficient (Wildman–Crippen LogP) is 1.97. The second kappa shape index (κ2) is 5.62. The number of carbonyl (C=O) groups is 2. The Morgan fingerprint density at radius 2 is 1.64 bits per heavy atom. The molecule has 0 radical (unpaired) electrons. The van der Waals surface area contributed by atoms with Gasteiger partial charge < -0.3 is 9.84 Å². The summed E-state index contributed by atoms with van der Waals surface area (Å²) in [5, 5.41) is 8.35. The van der Waals surface area contributed by atoms with Crippen molar-refractivity contribution in [1.29, 1.82) is 0 Å². The van der Waals surface area contributed by atoms with Crippen LogP contribution >= 0.6 is 0 Å². The van der Waals surface area contributed by atoms with E-state index in [-0.39, 0.29) is 12.4 Å². The lowest BCUT2D eigenvalue weighted by molar-refractivity contribution is -0.155. The van der Waals surface area contributed by atoms with Crippen LogP contribution < -0.4 is 0 Å². The third-order valence-corrected chi connectivity index (χ3v) is 1.44. The second-order valence-corrected chi connectivity index (χ2v) is 4.19. The van der Waals surface area contributed by atoms with Crippen molar-refractivity contribution in [3.63, 3.8) is 0 Å². The van der Waals surface area contributed by atoms with E-state index in [1.807, 2.05) is 20.8 Å². The van der Waals surface area contributed by atoms with Gasteiger partial charge in [-0.25, -0.2) is 0 Å². The summed E-state index contributed by atoms with van der Waals surface area (Å²) < 4.78 is 5.06. The van der Waals surface area contributed by atoms with Crippen molar-refractivity contribution in [2.24, 2.45) is 0 Å². The highest BCUT2D eigenvalue weighted by Gasteiger charge is 2.15. The minimum absolute atomic E-state index is 0.114. The molecule has 0 spiro atoms. The van der Waals surface area contributed by atoms with Crippen molar-refractivity contribution < 1.29 is 19.4 Å². The fraction of sp³-hybridized carbons (Fsp3) is 0.800. The highest BCUT2D eigenvalue weighted by molar-refractivity contribution is 5.70. The molecule has 0 aliphatic carbocycles. The molecule has 82 valence electrons. The summed E-state index contributed by atoms with van der Waals surface area (Å²) in [6.45, 7) is 5.42. The van der Waals surface area contributed by atoms with E-state index in [9.17, 15) is 9.59 Å². The van der Waals surface area contributed by atoms with Crippen molar-refractivity contribution in [1.82, 2.24) is 0 Å². The summed E-state index contributed by atoms with van der Waals surface area (Å²) >= 11 is 0. The number of esters is 1. The van der Waals surface area contributed by atoms with Gasteiger partial charge >= 0.3 is 11.9 Å². The van der Waals surface area contributed by atoms with E-state index in [1.165, 1.54) is 0 Å². The second-order valence-electron chi connectivity index (χ2n) is 4.19. The molecule has 0 aliphatic rings. The molecule has 0 bridgehead atoms. The van der Waals surface area contributed by atoms with Crippen molar-refractivity contribution in [2.75, 3.05) is 0 Å². The third kappa shape index (κ3) is 9.03. The quantitative estimate of drug-likeness (QED) is 0.547. The maximum absolute atomic E-state index is 11.1. The molecule has 0 aromatic rings. The number of ether oxygens (including phenoxy) is 1. The molecule has 0 fully saturated rings. The number of rotatable bonds is 5. The predicted molar refractivity (Wildman–Crippen MR) is 51.9 cm³/mol. The molecule has 0 aromatic carbocycles. The molecule has 0 unspecified atom stereocenters. The molecular formula is C10H18O4. The first-order valence-corrected chi connectivity index (χ1v) is 4.75. The van der Waals surface area contributed by atoms with Gasteiger partial charge in [0.25, 0.3) is 0 Å². The average Bonchev–Trinajstić information content (AvgIpc) is 1.94. The van der Waals surface area contributed by atoms with Crippen LogP contribution in [0.4, 0.5) is 0 Å². The fourth-order valence-electron chi connectivity index (χ4n) is 0.938. The van der Waals surface area contributed by atoms with Crippen LogP contribution in [0.25, 0.3) is 0 Å². The normalized spacial score (nSPS) is 11.1. The SMILES string of the molecule is CC(C)(C)OC(=O)CCCCC(=O)O. The smallest absolute Gasteiger partial charge is 0.306 e. The Morgan fingerprint density at radius 1 is 1.14 bits per heavy atom. The molecule has 1 N–H and O–H groups in total. The van der Waals surface area contributed by atoms with Gasteiger partial charge in [0.2, 0.25) is 0 Å². The zero-order valence-electron chi connectivity index (χ0n) is 9.00. The molecule has 0 aromatic heterocycles.